The molecule has 0 aliphatic rings. The van der Waals surface area contributed by atoms with Crippen molar-refractivity contribution in [2.45, 2.75) is 19.2 Å². The molecule has 3 aromatic rings. The zero-order chi connectivity index (χ0) is 19.4. The summed E-state index contributed by atoms with van der Waals surface area (Å²) in [6.45, 7) is 0.000521. The highest BCUT2D eigenvalue weighted by Crippen LogP contribution is 2.15. The van der Waals surface area contributed by atoms with E-state index < -0.39 is 23.4 Å². The summed E-state index contributed by atoms with van der Waals surface area (Å²) < 4.78 is 31.8. The van der Waals surface area contributed by atoms with Crippen LogP contribution in [-0.2, 0) is 17.7 Å². The van der Waals surface area contributed by atoms with E-state index in [-0.39, 0.29) is 48.2 Å². The average molecular weight is 400 g/mol. The summed E-state index contributed by atoms with van der Waals surface area (Å²) in [5.74, 6) is -1.59. The van der Waals surface area contributed by atoms with Crippen molar-refractivity contribution in [1.82, 2.24) is 25.5 Å². The number of hydrogen-bond donors (Lipinski definition) is 4. The maximum absolute atomic E-state index is 13.3. The van der Waals surface area contributed by atoms with Crippen LogP contribution in [0.2, 0.25) is 5.15 Å². The quantitative estimate of drug-likeness (QED) is 0.424. The van der Waals surface area contributed by atoms with Gasteiger partial charge in [-0.25, -0.2) is 13.8 Å². The van der Waals surface area contributed by atoms with Crippen molar-refractivity contribution >= 4 is 22.6 Å². The highest BCUT2D eigenvalue weighted by molar-refractivity contribution is 6.33. The van der Waals surface area contributed by atoms with Gasteiger partial charge in [0.15, 0.2) is 22.3 Å². The number of aromatic amines is 2. The van der Waals surface area contributed by atoms with Gasteiger partial charge >= 0.3 is 0 Å². The van der Waals surface area contributed by atoms with Crippen molar-refractivity contribution in [2.24, 2.45) is 0 Å². The number of aromatic nitrogens is 4. The van der Waals surface area contributed by atoms with E-state index in [2.05, 4.69) is 25.5 Å². The smallest absolute Gasteiger partial charge is 0.279 e. The van der Waals surface area contributed by atoms with Gasteiger partial charge in [0.2, 0.25) is 0 Å². The molecule has 0 aliphatic carbocycles. The molecule has 11 heteroatoms. The minimum atomic E-state index is -0.951. The molecule has 0 unspecified atom stereocenters. The van der Waals surface area contributed by atoms with Crippen LogP contribution in [0.5, 0.6) is 0 Å². The first-order valence-electron chi connectivity index (χ1n) is 8.00. The maximum Gasteiger partial charge on any atom is 0.279 e. The number of rotatable bonds is 8. The normalized spacial score (nSPS) is 12.6. The number of fused-ring (bicyclic) bond motifs is 1. The van der Waals surface area contributed by atoms with Gasteiger partial charge in [0.05, 0.1) is 13.2 Å². The van der Waals surface area contributed by atoms with E-state index in [1.807, 2.05) is 0 Å². The summed E-state index contributed by atoms with van der Waals surface area (Å²) in [6.07, 6.45) is -0.521. The molecule has 1 aromatic carbocycles. The minimum Gasteiger partial charge on any atom is -0.394 e. The molecule has 4 N–H and O–H groups in total. The summed E-state index contributed by atoms with van der Waals surface area (Å²) in [5, 5.41) is 18.4. The lowest BCUT2D eigenvalue weighted by Crippen LogP contribution is -2.35. The van der Waals surface area contributed by atoms with Crippen LogP contribution in [0.4, 0.5) is 8.78 Å². The van der Waals surface area contributed by atoms with Gasteiger partial charge in [-0.3, -0.25) is 15.2 Å². The molecule has 27 heavy (non-hydrogen) atoms. The second-order valence-electron chi connectivity index (χ2n) is 5.66. The number of nitrogens with one attached hydrogen (secondary N) is 3. The molecule has 0 bridgehead atoms. The first-order valence-corrected chi connectivity index (χ1v) is 8.38. The number of hydrogen-bond acceptors (Lipinski definition) is 6. The van der Waals surface area contributed by atoms with E-state index in [1.165, 1.54) is 6.07 Å². The molecular formula is C16H16ClF2N5O3. The molecule has 0 spiro atoms. The van der Waals surface area contributed by atoms with Gasteiger partial charge in [-0.05, 0) is 17.7 Å². The van der Waals surface area contributed by atoms with Crippen LogP contribution in [0.1, 0.15) is 11.4 Å². The number of nitrogens with zero attached hydrogens (tertiary/aromatic N) is 2. The highest BCUT2D eigenvalue weighted by Gasteiger charge is 2.16. The summed E-state index contributed by atoms with van der Waals surface area (Å²) in [4.78, 5) is 18.9. The second-order valence-corrected chi connectivity index (χ2v) is 6.04. The van der Waals surface area contributed by atoms with Gasteiger partial charge in [0, 0.05) is 13.0 Å². The monoisotopic (exact) mass is 399 g/mol. The SMILES string of the molecule is O=c1[nH]c(C[C@@H](NCc2ccc(F)c(F)c2)OCCO)nc2c(Cl)[nH]nc12. The van der Waals surface area contributed by atoms with Crippen molar-refractivity contribution in [3.05, 3.63) is 56.7 Å². The first kappa shape index (κ1) is 19.4. The Morgan fingerprint density at radius 3 is 2.85 bits per heavy atom. The minimum absolute atomic E-state index is 0.0361. The predicted molar refractivity (Wildman–Crippen MR) is 93.2 cm³/mol. The zero-order valence-corrected chi connectivity index (χ0v) is 14.7. The van der Waals surface area contributed by atoms with Crippen LogP contribution >= 0.6 is 11.6 Å². The molecule has 0 radical (unpaired) electrons. The standard InChI is InChI=1S/C16H16ClF2N5O3/c17-15-13-14(23-24-15)16(26)22-11(21-13)6-12(27-4-3-25)20-7-8-1-2-9(18)10(19)5-8/h1-2,5,12,20,25H,3-4,6-7H2,(H,23,24)(H,21,22,26)/t12-/m0/s1. The fourth-order valence-electron chi connectivity index (χ4n) is 2.47. The van der Waals surface area contributed by atoms with Gasteiger partial charge in [0.1, 0.15) is 17.6 Å². The Hall–Kier alpha value is -2.40. The lowest BCUT2D eigenvalue weighted by Gasteiger charge is -2.19. The molecule has 0 saturated heterocycles. The largest absolute Gasteiger partial charge is 0.394 e. The molecular weight excluding hydrogens is 384 g/mol. The van der Waals surface area contributed by atoms with Crippen LogP contribution in [-0.4, -0.2) is 44.7 Å². The molecule has 0 saturated carbocycles. The first-order chi connectivity index (χ1) is 13.0. The van der Waals surface area contributed by atoms with Crippen LogP contribution in [0.25, 0.3) is 11.0 Å². The third-order valence-electron chi connectivity index (χ3n) is 3.72. The van der Waals surface area contributed by atoms with Gasteiger partial charge in [-0.2, -0.15) is 5.10 Å². The highest BCUT2D eigenvalue weighted by atomic mass is 35.5. The van der Waals surface area contributed by atoms with Crippen molar-refractivity contribution in [1.29, 1.82) is 0 Å². The average Bonchev–Trinajstić information content (AvgIpc) is 3.02. The van der Waals surface area contributed by atoms with Gasteiger partial charge in [-0.15, -0.1) is 0 Å². The van der Waals surface area contributed by atoms with E-state index in [0.29, 0.717) is 5.56 Å². The van der Waals surface area contributed by atoms with Crippen molar-refractivity contribution in [3.63, 3.8) is 0 Å². The fraction of sp³-hybridized carbons (Fsp3) is 0.312. The summed E-state index contributed by atoms with van der Waals surface area (Å²) >= 11 is 5.93. The van der Waals surface area contributed by atoms with Gasteiger partial charge in [0.25, 0.3) is 5.56 Å². The number of H-pyrrole nitrogens is 2. The Morgan fingerprint density at radius 1 is 1.30 bits per heavy atom. The van der Waals surface area contributed by atoms with Crippen molar-refractivity contribution in [3.8, 4) is 0 Å². The van der Waals surface area contributed by atoms with Crippen molar-refractivity contribution in [2.75, 3.05) is 13.2 Å². The molecule has 1 atom stereocenters. The second kappa shape index (κ2) is 8.53. The molecule has 2 aromatic heterocycles. The summed E-state index contributed by atoms with van der Waals surface area (Å²) in [7, 11) is 0. The molecule has 8 nitrogen and oxygen atoms in total. The van der Waals surface area contributed by atoms with E-state index in [4.69, 9.17) is 21.4 Å². The van der Waals surface area contributed by atoms with Crippen LogP contribution in [0, 0.1) is 11.6 Å². The van der Waals surface area contributed by atoms with Crippen molar-refractivity contribution < 1.29 is 18.6 Å². The Bertz CT molecular complexity index is 994. The predicted octanol–water partition coefficient (Wildman–Crippen LogP) is 1.25. The van der Waals surface area contributed by atoms with E-state index in [0.717, 1.165) is 12.1 Å². The van der Waals surface area contributed by atoms with E-state index >= 15 is 0 Å². The molecule has 0 fully saturated rings. The molecule has 144 valence electrons. The third-order valence-corrected chi connectivity index (χ3v) is 3.99. The maximum atomic E-state index is 13.3. The van der Waals surface area contributed by atoms with E-state index in [9.17, 15) is 13.6 Å². The van der Waals surface area contributed by atoms with Crippen LogP contribution in [0.3, 0.4) is 0 Å². The lowest BCUT2D eigenvalue weighted by atomic mass is 10.2. The number of aliphatic hydroxyl groups is 1. The van der Waals surface area contributed by atoms with Gasteiger partial charge in [-0.1, -0.05) is 17.7 Å². The number of halogens is 3. The Morgan fingerprint density at radius 2 is 2.11 bits per heavy atom. The third kappa shape index (κ3) is 4.66. The zero-order valence-electron chi connectivity index (χ0n) is 13.9. The van der Waals surface area contributed by atoms with Crippen LogP contribution < -0.4 is 10.9 Å². The number of benzene rings is 1. The summed E-state index contributed by atoms with van der Waals surface area (Å²) in [6, 6.07) is 3.54. The molecule has 2 heterocycles. The fourth-order valence-corrected chi connectivity index (χ4v) is 2.64. The number of ether oxygens (including phenoxy) is 1. The summed E-state index contributed by atoms with van der Waals surface area (Å²) in [5.41, 5.74) is 0.365. The number of aliphatic hydroxyl groups excluding tert-OH is 1. The topological polar surface area (TPSA) is 116 Å². The Labute approximate surface area is 156 Å². The molecule has 0 aliphatic heterocycles. The van der Waals surface area contributed by atoms with E-state index in [1.54, 1.807) is 0 Å². The molecule has 3 rings (SSSR count). The lowest BCUT2D eigenvalue weighted by molar-refractivity contribution is 0.00741. The Balaban J connectivity index is 1.75. The molecule has 0 amide bonds. The Kier molecular flexibility index (Phi) is 6.11. The van der Waals surface area contributed by atoms with Gasteiger partial charge < -0.3 is 14.8 Å². The van der Waals surface area contributed by atoms with Crippen LogP contribution in [0.15, 0.2) is 23.0 Å².